The number of hydrazine groups is 1. The Labute approximate surface area is 101 Å². The quantitative estimate of drug-likeness (QED) is 0.518. The van der Waals surface area contributed by atoms with Crippen LogP contribution in [0.3, 0.4) is 0 Å². The van der Waals surface area contributed by atoms with E-state index in [1.807, 2.05) is 6.92 Å². The summed E-state index contributed by atoms with van der Waals surface area (Å²) in [5.74, 6) is -0.972. The van der Waals surface area contributed by atoms with Gasteiger partial charge in [0.2, 0.25) is 0 Å². The molecule has 0 saturated heterocycles. The minimum absolute atomic E-state index is 0.166. The molecule has 1 aromatic carbocycles. The monoisotopic (exact) mass is 235 g/mol. The van der Waals surface area contributed by atoms with Gasteiger partial charge in [0.05, 0.1) is 17.3 Å². The summed E-state index contributed by atoms with van der Waals surface area (Å²) in [6.45, 7) is 1.95. The first kappa shape index (κ1) is 13.2. The van der Waals surface area contributed by atoms with Crippen LogP contribution < -0.4 is 10.4 Å². The molecule has 1 atom stereocenters. The number of rotatable bonds is 6. The number of carboxylic acids is 1. The molecule has 3 N–H and O–H groups in total. The fourth-order valence-corrected chi connectivity index (χ4v) is 1.70. The van der Waals surface area contributed by atoms with Crippen molar-refractivity contribution >= 4 is 17.9 Å². The van der Waals surface area contributed by atoms with Gasteiger partial charge in [-0.05, 0) is 18.6 Å². The van der Waals surface area contributed by atoms with Crippen LogP contribution in [-0.2, 0) is 0 Å². The molecule has 0 radical (unpaired) electrons. The Balaban J connectivity index is 3.19. The predicted molar refractivity (Wildman–Crippen MR) is 67.8 cm³/mol. The summed E-state index contributed by atoms with van der Waals surface area (Å²) in [7, 11) is 1.71. The first-order chi connectivity index (χ1) is 8.15. The van der Waals surface area contributed by atoms with Crippen molar-refractivity contribution in [3.8, 4) is 0 Å². The van der Waals surface area contributed by atoms with E-state index in [1.165, 1.54) is 6.21 Å². The van der Waals surface area contributed by atoms with Crippen molar-refractivity contribution in [1.82, 2.24) is 5.43 Å². The second-order valence-corrected chi connectivity index (χ2v) is 3.56. The molecule has 1 aromatic rings. The van der Waals surface area contributed by atoms with Crippen LogP contribution in [-0.4, -0.2) is 30.4 Å². The third-order valence-electron chi connectivity index (χ3n) is 2.58. The molecular weight excluding hydrogens is 218 g/mol. The van der Waals surface area contributed by atoms with Gasteiger partial charge in [0.15, 0.2) is 0 Å². The second-order valence-electron chi connectivity index (χ2n) is 3.56. The zero-order valence-electron chi connectivity index (χ0n) is 9.97. The molecular formula is C12H17N3O2. The van der Waals surface area contributed by atoms with Crippen molar-refractivity contribution in [2.45, 2.75) is 19.4 Å². The van der Waals surface area contributed by atoms with Crippen LogP contribution in [0.4, 0.5) is 5.69 Å². The standard InChI is InChI=1S/C12H17N3O2/c1-3-9(8-13)15(14-2)11-7-5-4-6-10(11)12(16)17/h4-9,13-14H,3H2,1-2H3,(H,16,17). The fourth-order valence-electron chi connectivity index (χ4n) is 1.70. The average molecular weight is 235 g/mol. The van der Waals surface area contributed by atoms with Crippen molar-refractivity contribution in [2.75, 3.05) is 12.1 Å². The Hall–Kier alpha value is -1.88. The summed E-state index contributed by atoms with van der Waals surface area (Å²) in [5, 5.41) is 18.2. The molecule has 0 heterocycles. The third-order valence-corrected chi connectivity index (χ3v) is 2.58. The maximum Gasteiger partial charge on any atom is 0.337 e. The molecule has 0 amide bonds. The van der Waals surface area contributed by atoms with Crippen molar-refractivity contribution in [1.29, 1.82) is 5.41 Å². The highest BCUT2D eigenvalue weighted by molar-refractivity contribution is 5.94. The van der Waals surface area contributed by atoms with Crippen LogP contribution in [0.1, 0.15) is 23.7 Å². The van der Waals surface area contributed by atoms with Gasteiger partial charge in [-0.1, -0.05) is 19.1 Å². The molecule has 0 saturated carbocycles. The topological polar surface area (TPSA) is 76.4 Å². The van der Waals surface area contributed by atoms with Crippen molar-refractivity contribution in [3.05, 3.63) is 29.8 Å². The van der Waals surface area contributed by atoms with Crippen LogP contribution in [0.15, 0.2) is 24.3 Å². The molecule has 0 aromatic heterocycles. The highest BCUT2D eigenvalue weighted by Gasteiger charge is 2.19. The highest BCUT2D eigenvalue weighted by Crippen LogP contribution is 2.21. The summed E-state index contributed by atoms with van der Waals surface area (Å²) in [4.78, 5) is 11.1. The molecule has 0 aliphatic heterocycles. The lowest BCUT2D eigenvalue weighted by molar-refractivity contribution is 0.0697. The van der Waals surface area contributed by atoms with E-state index in [0.717, 1.165) is 6.42 Å². The number of nitrogens with zero attached hydrogens (tertiary/aromatic N) is 1. The molecule has 0 bridgehead atoms. The zero-order chi connectivity index (χ0) is 12.8. The van der Waals surface area contributed by atoms with E-state index >= 15 is 0 Å². The Morgan fingerprint density at radius 1 is 1.59 bits per heavy atom. The first-order valence-electron chi connectivity index (χ1n) is 5.45. The summed E-state index contributed by atoms with van der Waals surface area (Å²) in [5.41, 5.74) is 3.73. The fraction of sp³-hybridized carbons (Fsp3) is 0.333. The molecule has 0 spiro atoms. The van der Waals surface area contributed by atoms with E-state index in [0.29, 0.717) is 5.69 Å². The lowest BCUT2D eigenvalue weighted by Gasteiger charge is -2.30. The average Bonchev–Trinajstić information content (AvgIpc) is 2.35. The first-order valence-corrected chi connectivity index (χ1v) is 5.45. The summed E-state index contributed by atoms with van der Waals surface area (Å²) >= 11 is 0. The van der Waals surface area contributed by atoms with Crippen molar-refractivity contribution < 1.29 is 9.90 Å². The van der Waals surface area contributed by atoms with Crippen LogP contribution in [0.25, 0.3) is 0 Å². The van der Waals surface area contributed by atoms with Crippen molar-refractivity contribution in [2.24, 2.45) is 0 Å². The number of aromatic carboxylic acids is 1. The minimum Gasteiger partial charge on any atom is -0.478 e. The van der Waals surface area contributed by atoms with E-state index in [-0.39, 0.29) is 11.6 Å². The Bertz CT molecular complexity index is 406. The molecule has 5 nitrogen and oxygen atoms in total. The third kappa shape index (κ3) is 2.82. The van der Waals surface area contributed by atoms with Gasteiger partial charge in [0.25, 0.3) is 0 Å². The van der Waals surface area contributed by atoms with Gasteiger partial charge in [-0.15, -0.1) is 0 Å². The molecule has 5 heteroatoms. The van der Waals surface area contributed by atoms with Gasteiger partial charge in [-0.2, -0.15) is 0 Å². The van der Waals surface area contributed by atoms with E-state index < -0.39 is 5.97 Å². The molecule has 0 aliphatic rings. The van der Waals surface area contributed by atoms with E-state index in [4.69, 9.17) is 10.5 Å². The van der Waals surface area contributed by atoms with Gasteiger partial charge in [-0.25, -0.2) is 10.2 Å². The summed E-state index contributed by atoms with van der Waals surface area (Å²) in [6, 6.07) is 6.58. The number of benzene rings is 1. The Morgan fingerprint density at radius 2 is 2.24 bits per heavy atom. The van der Waals surface area contributed by atoms with Gasteiger partial charge >= 0.3 is 5.97 Å². The summed E-state index contributed by atoms with van der Waals surface area (Å²) in [6.07, 6.45) is 2.02. The van der Waals surface area contributed by atoms with Crippen LogP contribution in [0.2, 0.25) is 0 Å². The minimum atomic E-state index is -0.972. The number of nitrogens with one attached hydrogen (secondary N) is 2. The number of para-hydroxylation sites is 1. The zero-order valence-corrected chi connectivity index (χ0v) is 9.97. The molecule has 1 unspecified atom stereocenters. The number of hydrogen-bond donors (Lipinski definition) is 3. The number of hydrogen-bond acceptors (Lipinski definition) is 4. The molecule has 0 aliphatic carbocycles. The number of carbonyl (C=O) groups is 1. The highest BCUT2D eigenvalue weighted by atomic mass is 16.4. The molecule has 92 valence electrons. The predicted octanol–water partition coefficient (Wildman–Crippen LogP) is 1.75. The summed E-state index contributed by atoms with van der Waals surface area (Å²) < 4.78 is 0. The largest absolute Gasteiger partial charge is 0.478 e. The van der Waals surface area contributed by atoms with Crippen LogP contribution in [0, 0.1) is 5.41 Å². The lowest BCUT2D eigenvalue weighted by Crippen LogP contribution is -2.45. The SMILES string of the molecule is CCC(C=N)N(NC)c1ccccc1C(=O)O. The number of carboxylic acid groups (broad SMARTS) is 1. The van der Waals surface area contributed by atoms with Gasteiger partial charge in [0, 0.05) is 13.3 Å². The molecule has 1 rings (SSSR count). The Kier molecular flexibility index (Phi) is 4.66. The van der Waals surface area contributed by atoms with Crippen molar-refractivity contribution in [3.63, 3.8) is 0 Å². The van der Waals surface area contributed by atoms with Gasteiger partial charge in [-0.3, -0.25) is 5.01 Å². The normalized spacial score (nSPS) is 11.9. The maximum atomic E-state index is 11.1. The lowest BCUT2D eigenvalue weighted by atomic mass is 10.1. The van der Waals surface area contributed by atoms with E-state index in [9.17, 15) is 4.79 Å². The van der Waals surface area contributed by atoms with E-state index in [2.05, 4.69) is 5.43 Å². The smallest absolute Gasteiger partial charge is 0.337 e. The van der Waals surface area contributed by atoms with Gasteiger partial charge in [0.1, 0.15) is 0 Å². The Morgan fingerprint density at radius 3 is 2.71 bits per heavy atom. The van der Waals surface area contributed by atoms with Crippen LogP contribution in [0.5, 0.6) is 0 Å². The second kappa shape index (κ2) is 6.00. The van der Waals surface area contributed by atoms with E-state index in [1.54, 1.807) is 36.3 Å². The number of anilines is 1. The van der Waals surface area contributed by atoms with Crippen LogP contribution >= 0.6 is 0 Å². The maximum absolute atomic E-state index is 11.1. The van der Waals surface area contributed by atoms with Gasteiger partial charge < -0.3 is 10.5 Å². The molecule has 0 fully saturated rings. The molecule has 17 heavy (non-hydrogen) atoms.